The summed E-state index contributed by atoms with van der Waals surface area (Å²) in [6, 6.07) is 28.2. The van der Waals surface area contributed by atoms with Gasteiger partial charge in [0.05, 0.1) is 12.4 Å². The van der Waals surface area contributed by atoms with Crippen molar-refractivity contribution in [2.24, 2.45) is 5.92 Å². The van der Waals surface area contributed by atoms with Gasteiger partial charge >= 0.3 is 0 Å². The number of nitrogens with zero attached hydrogens (tertiary/aromatic N) is 3. The van der Waals surface area contributed by atoms with Gasteiger partial charge in [-0.2, -0.15) is 5.26 Å². The summed E-state index contributed by atoms with van der Waals surface area (Å²) in [4.78, 5) is 3.92. The fourth-order valence-electron chi connectivity index (χ4n) is 4.48. The number of imidazole rings is 1. The lowest BCUT2D eigenvalue weighted by atomic mass is 9.37. The molecule has 1 heterocycles. The van der Waals surface area contributed by atoms with E-state index >= 15 is 0 Å². The zero-order valence-corrected chi connectivity index (χ0v) is 22.2. The maximum atomic E-state index is 13.3. The van der Waals surface area contributed by atoms with E-state index in [-0.39, 0.29) is 5.82 Å². The molecule has 0 radical (unpaired) electrons. The summed E-state index contributed by atoms with van der Waals surface area (Å²) in [7, 11) is 0. The molecule has 6 heteroatoms. The maximum Gasteiger partial charge on any atom is 0.209 e. The molecule has 0 bridgehead atoms. The topological polar surface area (TPSA) is 41.6 Å². The molecule has 37 heavy (non-hydrogen) atoms. The second-order valence-corrected chi connectivity index (χ2v) is 9.65. The van der Waals surface area contributed by atoms with E-state index in [1.807, 2.05) is 16.8 Å². The normalized spacial score (nSPS) is 11.2. The summed E-state index contributed by atoms with van der Waals surface area (Å²) in [5, 5.41) is 8.78. The van der Waals surface area contributed by atoms with Gasteiger partial charge in [0, 0.05) is 30.4 Å². The average molecular weight is 514 g/mol. The van der Waals surface area contributed by atoms with Gasteiger partial charge in [0.2, 0.25) is 6.71 Å². The number of hydrogen-bond donors (Lipinski definition) is 0. The van der Waals surface area contributed by atoms with Gasteiger partial charge in [-0.1, -0.05) is 109 Å². The van der Waals surface area contributed by atoms with Crippen molar-refractivity contribution < 1.29 is 4.39 Å². The maximum absolute atomic E-state index is 13.3. The van der Waals surface area contributed by atoms with Crippen LogP contribution in [0.25, 0.3) is 0 Å². The molecule has 0 aliphatic heterocycles. The third-order valence-corrected chi connectivity index (χ3v) is 6.94. The van der Waals surface area contributed by atoms with Crippen LogP contribution in [0.15, 0.2) is 97.6 Å². The first-order chi connectivity index (χ1) is 18.1. The summed E-state index contributed by atoms with van der Waals surface area (Å²) < 4.78 is 15.4. The van der Waals surface area contributed by atoms with Crippen molar-refractivity contribution in [2.45, 2.75) is 51.9 Å². The number of benzene rings is 3. The van der Waals surface area contributed by atoms with Gasteiger partial charge in [-0.15, -0.1) is 0 Å². The first-order valence-corrected chi connectivity index (χ1v) is 13.3. The van der Waals surface area contributed by atoms with Gasteiger partial charge in [-0.05, 0) is 42.9 Å². The molecule has 0 fully saturated rings. The lowest BCUT2D eigenvalue weighted by molar-refractivity contribution is 0.555. The molecule has 0 amide bonds. The van der Waals surface area contributed by atoms with Crippen LogP contribution in [0.1, 0.15) is 38.2 Å². The van der Waals surface area contributed by atoms with Crippen LogP contribution in [0.2, 0.25) is 11.3 Å². The van der Waals surface area contributed by atoms with Gasteiger partial charge in [0.15, 0.2) is 0 Å². The number of nitriles is 1. The van der Waals surface area contributed by atoms with Crippen LogP contribution < -0.4 is 10.9 Å². The highest BCUT2D eigenvalue weighted by molar-refractivity contribution is 6.85. The Labute approximate surface area is 226 Å². The van der Waals surface area contributed by atoms with Gasteiger partial charge in [0.1, 0.15) is 5.82 Å². The molecule has 0 N–H and O–H groups in total. The molecular formula is C31H34BClFN3. The van der Waals surface area contributed by atoms with Crippen molar-refractivity contribution in [3.05, 3.63) is 114 Å². The number of unbranched alkanes of at least 4 members (excludes halogenated alkanes) is 2. The molecule has 190 valence electrons. The highest BCUT2D eigenvalue weighted by Crippen LogP contribution is 2.24. The molecule has 0 aliphatic carbocycles. The molecule has 3 aromatic carbocycles. The second-order valence-electron chi connectivity index (χ2n) is 9.24. The molecule has 1 unspecified atom stereocenters. The Morgan fingerprint density at radius 1 is 1.00 bits per heavy atom. The van der Waals surface area contributed by atoms with Gasteiger partial charge in [0.25, 0.3) is 0 Å². The van der Waals surface area contributed by atoms with E-state index in [1.165, 1.54) is 23.1 Å². The largest absolute Gasteiger partial charge is 0.337 e. The van der Waals surface area contributed by atoms with E-state index in [2.05, 4.69) is 78.6 Å². The number of rotatable bonds is 11. The van der Waals surface area contributed by atoms with Crippen LogP contribution in [0.3, 0.4) is 0 Å². The summed E-state index contributed by atoms with van der Waals surface area (Å²) in [5.74, 6) is 0.196. The lowest BCUT2D eigenvalue weighted by Crippen LogP contribution is -2.43. The SMILES string of the molecule is CCC(CB(c1ccccc1)c1ccccc1)Cc1ccc(F)cc1Cl.N#CCCCCn1ccnc1. The van der Waals surface area contributed by atoms with Gasteiger partial charge in [-0.3, -0.25) is 0 Å². The number of hydrogen-bond acceptors (Lipinski definition) is 2. The molecular weight excluding hydrogens is 480 g/mol. The standard InChI is InChI=1S/C23H23BClF.C8H11N3/c1-2-18(15-19-13-14-22(26)16-23(19)25)17-24(20-9-5-3-6-10-20)21-11-7-4-8-12-21;9-4-2-1-3-6-11-7-5-10-8-11/h3-14,16,18H,2,15,17H2,1H3;5,7-8H,1-3,6H2. The Hall–Kier alpha value is -3.36. The first kappa shape index (κ1) is 28.2. The predicted octanol–water partition coefficient (Wildman–Crippen LogP) is 6.93. The molecule has 1 atom stereocenters. The van der Waals surface area contributed by atoms with E-state index < -0.39 is 0 Å². The van der Waals surface area contributed by atoms with Crippen molar-refractivity contribution >= 4 is 29.2 Å². The van der Waals surface area contributed by atoms with E-state index in [0.29, 0.717) is 24.1 Å². The second kappa shape index (κ2) is 15.7. The minimum absolute atomic E-state index is 0.279. The smallest absolute Gasteiger partial charge is 0.209 e. The van der Waals surface area contributed by atoms with Crippen LogP contribution in [-0.2, 0) is 13.0 Å². The third kappa shape index (κ3) is 9.55. The zero-order valence-electron chi connectivity index (χ0n) is 21.4. The highest BCUT2D eigenvalue weighted by Gasteiger charge is 2.23. The van der Waals surface area contributed by atoms with Gasteiger partial charge < -0.3 is 4.57 Å². The molecule has 4 rings (SSSR count). The lowest BCUT2D eigenvalue weighted by Gasteiger charge is -2.22. The third-order valence-electron chi connectivity index (χ3n) is 6.59. The minimum Gasteiger partial charge on any atom is -0.337 e. The summed E-state index contributed by atoms with van der Waals surface area (Å²) >= 11 is 6.26. The predicted molar refractivity (Wildman–Crippen MR) is 153 cm³/mol. The molecule has 4 aromatic rings. The fourth-order valence-corrected chi connectivity index (χ4v) is 4.72. The summed E-state index contributed by atoms with van der Waals surface area (Å²) in [6.07, 6.45) is 11.2. The number of halogens is 2. The minimum atomic E-state index is -0.279. The van der Waals surface area contributed by atoms with Crippen molar-refractivity contribution in [3.63, 3.8) is 0 Å². The Bertz CT molecular complexity index is 1170. The quantitative estimate of drug-likeness (QED) is 0.161. The van der Waals surface area contributed by atoms with Crippen molar-refractivity contribution in [1.82, 2.24) is 9.55 Å². The molecule has 0 spiro atoms. The van der Waals surface area contributed by atoms with E-state index in [0.717, 1.165) is 44.1 Å². The molecule has 0 saturated heterocycles. The van der Waals surface area contributed by atoms with Gasteiger partial charge in [-0.25, -0.2) is 9.37 Å². The summed E-state index contributed by atoms with van der Waals surface area (Å²) in [5.41, 5.74) is 3.70. The fraction of sp³-hybridized carbons (Fsp3) is 0.290. The Morgan fingerprint density at radius 2 is 1.68 bits per heavy atom. The highest BCUT2D eigenvalue weighted by atomic mass is 35.5. The first-order valence-electron chi connectivity index (χ1n) is 13.0. The van der Waals surface area contributed by atoms with Crippen LogP contribution >= 0.6 is 11.6 Å². The molecule has 0 saturated carbocycles. The monoisotopic (exact) mass is 513 g/mol. The molecule has 3 nitrogen and oxygen atoms in total. The Morgan fingerprint density at radius 3 is 2.22 bits per heavy atom. The number of aromatic nitrogens is 2. The van der Waals surface area contributed by atoms with Crippen molar-refractivity contribution in [2.75, 3.05) is 0 Å². The molecule has 0 aliphatic rings. The van der Waals surface area contributed by atoms with Crippen LogP contribution in [0, 0.1) is 23.1 Å². The number of aryl methyl sites for hydroxylation is 1. The van der Waals surface area contributed by atoms with Crippen molar-refractivity contribution in [3.8, 4) is 6.07 Å². The zero-order chi connectivity index (χ0) is 26.3. The molecule has 1 aromatic heterocycles. The van der Waals surface area contributed by atoms with Crippen LogP contribution in [0.4, 0.5) is 4.39 Å². The Kier molecular flexibility index (Phi) is 12.0. The average Bonchev–Trinajstić information content (AvgIpc) is 3.45. The summed E-state index contributed by atoms with van der Waals surface area (Å²) in [6.45, 7) is 3.54. The van der Waals surface area contributed by atoms with Crippen LogP contribution in [-0.4, -0.2) is 16.3 Å². The van der Waals surface area contributed by atoms with Crippen LogP contribution in [0.5, 0.6) is 0 Å². The van der Waals surface area contributed by atoms with E-state index in [9.17, 15) is 4.39 Å². The van der Waals surface area contributed by atoms with Crippen molar-refractivity contribution in [1.29, 1.82) is 5.26 Å². The Balaban J connectivity index is 0.000000289. The van der Waals surface area contributed by atoms with E-state index in [4.69, 9.17) is 16.9 Å². The van der Waals surface area contributed by atoms with E-state index in [1.54, 1.807) is 12.5 Å².